The average molecular weight is 523 g/mol. The van der Waals surface area contributed by atoms with Crippen LogP contribution in [0.25, 0.3) is 10.2 Å². The normalized spacial score (nSPS) is 17.1. The Kier molecular flexibility index (Phi) is 7.63. The standard InChI is InChI=1S/C27H24ClFN4O2S/c1-2-34-21-11-19(30-14-21)6-8-22-13-24-26(36-22)27(32-16-31-24)33-20-7-9-25(23(28)12-20)35-15-17-4-3-5-18(29)10-17/h3-5,7,9-10,12-13,16,19,21,30H,2,11,14-15H2,1H3,(H,31,32,33). The molecule has 1 saturated heterocycles. The Morgan fingerprint density at radius 3 is 2.97 bits per heavy atom. The number of halogens is 2. The van der Waals surface area contributed by atoms with Gasteiger partial charge >= 0.3 is 0 Å². The van der Waals surface area contributed by atoms with Gasteiger partial charge in [-0.05, 0) is 48.9 Å². The van der Waals surface area contributed by atoms with Gasteiger partial charge in [0.05, 0.1) is 32.3 Å². The Bertz CT molecular complexity index is 1430. The molecule has 0 saturated carbocycles. The average Bonchev–Trinajstić information content (AvgIpc) is 3.50. The van der Waals surface area contributed by atoms with Crippen LogP contribution in [0.1, 0.15) is 23.8 Å². The molecular weight excluding hydrogens is 499 g/mol. The number of nitrogens with one attached hydrogen (secondary N) is 2. The number of ether oxygens (including phenoxy) is 2. The van der Waals surface area contributed by atoms with Crippen LogP contribution in [-0.2, 0) is 11.3 Å². The Balaban J connectivity index is 1.27. The summed E-state index contributed by atoms with van der Waals surface area (Å²) in [5.74, 6) is 7.47. The first-order valence-electron chi connectivity index (χ1n) is 11.6. The summed E-state index contributed by atoms with van der Waals surface area (Å²) in [6.07, 6.45) is 2.64. The Morgan fingerprint density at radius 2 is 2.14 bits per heavy atom. The summed E-state index contributed by atoms with van der Waals surface area (Å²) in [7, 11) is 0. The number of rotatable bonds is 7. The van der Waals surface area contributed by atoms with E-state index in [1.54, 1.807) is 35.6 Å². The van der Waals surface area contributed by atoms with Crippen molar-refractivity contribution in [3.05, 3.63) is 76.1 Å². The van der Waals surface area contributed by atoms with Crippen molar-refractivity contribution in [1.82, 2.24) is 15.3 Å². The van der Waals surface area contributed by atoms with E-state index < -0.39 is 0 Å². The van der Waals surface area contributed by atoms with Gasteiger partial charge in [0.1, 0.15) is 24.5 Å². The molecule has 1 aliphatic rings. The maximum Gasteiger partial charge on any atom is 0.151 e. The molecule has 1 fully saturated rings. The van der Waals surface area contributed by atoms with Crippen LogP contribution in [0.2, 0.25) is 5.02 Å². The van der Waals surface area contributed by atoms with Crippen LogP contribution in [0.3, 0.4) is 0 Å². The van der Waals surface area contributed by atoms with Crippen LogP contribution < -0.4 is 15.4 Å². The van der Waals surface area contributed by atoms with E-state index >= 15 is 0 Å². The van der Waals surface area contributed by atoms with Crippen molar-refractivity contribution in [3.8, 4) is 17.6 Å². The minimum absolute atomic E-state index is 0.124. The Morgan fingerprint density at radius 1 is 1.22 bits per heavy atom. The van der Waals surface area contributed by atoms with E-state index in [9.17, 15) is 4.39 Å². The van der Waals surface area contributed by atoms with Crippen LogP contribution in [-0.4, -0.2) is 35.3 Å². The summed E-state index contributed by atoms with van der Waals surface area (Å²) >= 11 is 7.99. The smallest absolute Gasteiger partial charge is 0.151 e. The molecular formula is C27H24ClFN4O2S. The molecule has 2 unspecified atom stereocenters. The number of aromatic nitrogens is 2. The van der Waals surface area contributed by atoms with E-state index in [0.717, 1.165) is 39.3 Å². The van der Waals surface area contributed by atoms with Gasteiger partial charge in [-0.3, -0.25) is 0 Å². The lowest BCUT2D eigenvalue weighted by molar-refractivity contribution is 0.0766. The van der Waals surface area contributed by atoms with Crippen molar-refractivity contribution in [2.45, 2.75) is 32.1 Å². The van der Waals surface area contributed by atoms with Gasteiger partial charge in [0, 0.05) is 25.3 Å². The minimum atomic E-state index is -0.300. The maximum absolute atomic E-state index is 13.4. The fraction of sp³-hybridized carbons (Fsp3) is 0.259. The van der Waals surface area contributed by atoms with Crippen molar-refractivity contribution in [1.29, 1.82) is 0 Å². The topological polar surface area (TPSA) is 68.3 Å². The lowest BCUT2D eigenvalue weighted by atomic mass is 10.2. The molecule has 6 nitrogen and oxygen atoms in total. The van der Waals surface area contributed by atoms with Crippen LogP contribution in [0.4, 0.5) is 15.9 Å². The third kappa shape index (κ3) is 5.94. The first-order chi connectivity index (χ1) is 17.6. The van der Waals surface area contributed by atoms with Gasteiger partial charge in [0.25, 0.3) is 0 Å². The molecule has 9 heteroatoms. The van der Waals surface area contributed by atoms with Crippen molar-refractivity contribution in [2.24, 2.45) is 0 Å². The highest BCUT2D eigenvalue weighted by atomic mass is 35.5. The van der Waals surface area contributed by atoms with Gasteiger partial charge in [0.15, 0.2) is 5.82 Å². The van der Waals surface area contributed by atoms with Crippen LogP contribution in [0.5, 0.6) is 5.75 Å². The van der Waals surface area contributed by atoms with Crippen LogP contribution in [0.15, 0.2) is 54.9 Å². The highest BCUT2D eigenvalue weighted by molar-refractivity contribution is 7.20. The first kappa shape index (κ1) is 24.5. The third-order valence-electron chi connectivity index (χ3n) is 5.65. The zero-order valence-corrected chi connectivity index (χ0v) is 21.1. The second-order valence-corrected chi connectivity index (χ2v) is 9.74. The van der Waals surface area contributed by atoms with Crippen molar-refractivity contribution >= 4 is 44.7 Å². The van der Waals surface area contributed by atoms with E-state index in [4.69, 9.17) is 21.1 Å². The Labute approximate surface area is 217 Å². The molecule has 2 aromatic carbocycles. The second-order valence-electron chi connectivity index (χ2n) is 8.28. The van der Waals surface area contributed by atoms with E-state index in [0.29, 0.717) is 23.2 Å². The molecule has 4 aromatic rings. The van der Waals surface area contributed by atoms with Crippen LogP contribution in [0, 0.1) is 17.7 Å². The molecule has 5 rings (SSSR count). The van der Waals surface area contributed by atoms with Gasteiger partial charge in [-0.1, -0.05) is 35.6 Å². The molecule has 2 atom stereocenters. The molecule has 0 aliphatic carbocycles. The summed E-state index contributed by atoms with van der Waals surface area (Å²) in [5, 5.41) is 7.15. The number of thiophene rings is 1. The number of fused-ring (bicyclic) bond motifs is 1. The molecule has 2 aromatic heterocycles. The summed E-state index contributed by atoms with van der Waals surface area (Å²) in [6.45, 7) is 3.77. The summed E-state index contributed by atoms with van der Waals surface area (Å²) < 4.78 is 25.7. The Hall–Kier alpha value is -3.22. The molecule has 184 valence electrons. The molecule has 36 heavy (non-hydrogen) atoms. The molecule has 0 bridgehead atoms. The molecule has 0 spiro atoms. The monoisotopic (exact) mass is 522 g/mol. The van der Waals surface area contributed by atoms with Crippen molar-refractivity contribution in [2.75, 3.05) is 18.5 Å². The largest absolute Gasteiger partial charge is 0.487 e. The van der Waals surface area contributed by atoms with Crippen molar-refractivity contribution < 1.29 is 13.9 Å². The summed E-state index contributed by atoms with van der Waals surface area (Å²) in [4.78, 5) is 9.74. The van der Waals surface area contributed by atoms with Gasteiger partial charge in [0.2, 0.25) is 0 Å². The molecule has 2 N–H and O–H groups in total. The third-order valence-corrected chi connectivity index (χ3v) is 6.99. The molecule has 0 radical (unpaired) electrons. The number of anilines is 2. The number of nitrogens with zero attached hydrogens (tertiary/aromatic N) is 2. The zero-order valence-electron chi connectivity index (χ0n) is 19.6. The lowest BCUT2D eigenvalue weighted by Gasteiger charge is -2.11. The second kappa shape index (κ2) is 11.2. The highest BCUT2D eigenvalue weighted by Gasteiger charge is 2.22. The van der Waals surface area contributed by atoms with E-state index in [1.807, 2.05) is 19.1 Å². The maximum atomic E-state index is 13.4. The number of hydrogen-bond acceptors (Lipinski definition) is 7. The van der Waals surface area contributed by atoms with Crippen LogP contribution >= 0.6 is 22.9 Å². The van der Waals surface area contributed by atoms with Gasteiger partial charge in [-0.2, -0.15) is 0 Å². The fourth-order valence-corrected chi connectivity index (χ4v) is 5.11. The summed E-state index contributed by atoms with van der Waals surface area (Å²) in [5.41, 5.74) is 2.32. The van der Waals surface area contributed by atoms with Gasteiger partial charge in [-0.25, -0.2) is 14.4 Å². The molecule has 0 amide bonds. The number of benzene rings is 2. The molecule has 1 aliphatic heterocycles. The van der Waals surface area contributed by atoms with Crippen molar-refractivity contribution in [3.63, 3.8) is 0 Å². The van der Waals surface area contributed by atoms with Gasteiger partial charge < -0.3 is 20.1 Å². The lowest BCUT2D eigenvalue weighted by Crippen LogP contribution is -2.20. The minimum Gasteiger partial charge on any atom is -0.487 e. The number of hydrogen-bond donors (Lipinski definition) is 2. The van der Waals surface area contributed by atoms with E-state index in [2.05, 4.69) is 32.4 Å². The first-order valence-corrected chi connectivity index (χ1v) is 12.8. The SMILES string of the molecule is CCOC1CNC(C#Cc2cc3ncnc(Nc4ccc(OCc5cccc(F)c5)c(Cl)c4)c3s2)C1. The zero-order chi connectivity index (χ0) is 24.9. The predicted molar refractivity (Wildman–Crippen MR) is 142 cm³/mol. The highest BCUT2D eigenvalue weighted by Crippen LogP contribution is 2.33. The quantitative estimate of drug-likeness (QED) is 0.293. The fourth-order valence-electron chi connectivity index (χ4n) is 3.96. The van der Waals surface area contributed by atoms with Gasteiger partial charge in [-0.15, -0.1) is 11.3 Å². The van der Waals surface area contributed by atoms with E-state index in [1.165, 1.54) is 18.5 Å². The predicted octanol–water partition coefficient (Wildman–Crippen LogP) is 5.92. The van der Waals surface area contributed by atoms with E-state index in [-0.39, 0.29) is 24.6 Å². The molecule has 3 heterocycles. The summed E-state index contributed by atoms with van der Waals surface area (Å²) in [6, 6.07) is 13.8.